The van der Waals surface area contributed by atoms with Gasteiger partial charge in [-0.15, -0.1) is 11.8 Å². The molecule has 0 bridgehead atoms. The van der Waals surface area contributed by atoms with Crippen molar-refractivity contribution in [2.75, 3.05) is 0 Å². The lowest BCUT2D eigenvalue weighted by molar-refractivity contribution is -0.119. The number of nitrogens with zero attached hydrogens (tertiary/aromatic N) is 1. The molecule has 0 aliphatic carbocycles. The van der Waals surface area contributed by atoms with Crippen LogP contribution in [0.2, 0.25) is 0 Å². The van der Waals surface area contributed by atoms with Crippen LogP contribution in [0.5, 0.6) is 0 Å². The van der Waals surface area contributed by atoms with Gasteiger partial charge < -0.3 is 5.32 Å². The van der Waals surface area contributed by atoms with E-state index in [-0.39, 0.29) is 11.9 Å². The first kappa shape index (κ1) is 16.3. The highest BCUT2D eigenvalue weighted by Gasteiger charge is 2.18. The third kappa shape index (κ3) is 4.21. The fraction of sp³-hybridized carbons (Fsp3) is 0.312. The molecule has 0 fully saturated rings. The lowest BCUT2D eigenvalue weighted by Gasteiger charge is -2.14. The van der Waals surface area contributed by atoms with Gasteiger partial charge in [0.2, 0.25) is 5.91 Å². The van der Waals surface area contributed by atoms with Crippen LogP contribution in [-0.2, 0) is 4.79 Å². The van der Waals surface area contributed by atoms with Gasteiger partial charge in [-0.05, 0) is 32.9 Å². The minimum Gasteiger partial charge on any atom is -0.336 e. The number of carbonyl (C=O) groups is 2. The zero-order valence-electron chi connectivity index (χ0n) is 12.8. The second kappa shape index (κ2) is 7.26. The highest BCUT2D eigenvalue weighted by Crippen LogP contribution is 2.29. The molecule has 0 saturated heterocycles. The van der Waals surface area contributed by atoms with Crippen LogP contribution >= 0.6 is 11.8 Å². The van der Waals surface area contributed by atoms with E-state index in [1.807, 2.05) is 44.2 Å². The first-order valence-electron chi connectivity index (χ1n) is 7.09. The average Bonchev–Trinajstić information content (AvgIpc) is 2.46. The average molecular weight is 317 g/mol. The maximum atomic E-state index is 12.1. The summed E-state index contributed by atoms with van der Waals surface area (Å²) in [5.41, 5.74) is 0.862. The molecule has 0 spiro atoms. The van der Waals surface area contributed by atoms with Gasteiger partial charge in [-0.2, -0.15) is 0 Å². The zero-order valence-corrected chi connectivity index (χ0v) is 13.6. The highest BCUT2D eigenvalue weighted by atomic mass is 32.2. The van der Waals surface area contributed by atoms with E-state index in [2.05, 4.69) is 15.6 Å². The lowest BCUT2D eigenvalue weighted by atomic mass is 10.2. The van der Waals surface area contributed by atoms with Gasteiger partial charge in [0.1, 0.15) is 0 Å². The molecular weight excluding hydrogens is 298 g/mol. The van der Waals surface area contributed by atoms with Crippen molar-refractivity contribution >= 4 is 34.6 Å². The number of hydrogen-bond acceptors (Lipinski definition) is 4. The Bertz CT molecular complexity index is 683. The molecule has 5 nitrogen and oxygen atoms in total. The number of aromatic nitrogens is 1. The number of para-hydroxylation sites is 1. The van der Waals surface area contributed by atoms with Crippen molar-refractivity contribution in [1.82, 2.24) is 15.6 Å². The topological polar surface area (TPSA) is 71.1 Å². The second-order valence-electron chi connectivity index (χ2n) is 5.21. The lowest BCUT2D eigenvalue weighted by Crippen LogP contribution is -2.45. The third-order valence-electron chi connectivity index (χ3n) is 2.93. The van der Waals surface area contributed by atoms with Gasteiger partial charge in [-0.1, -0.05) is 18.2 Å². The van der Waals surface area contributed by atoms with E-state index in [0.717, 1.165) is 15.8 Å². The predicted octanol–water partition coefficient (Wildman–Crippen LogP) is 2.95. The number of nitrogens with one attached hydrogen (secondary N) is 2. The maximum absolute atomic E-state index is 12.1. The Hall–Kier alpha value is -2.08. The first-order chi connectivity index (χ1) is 10.5. The van der Waals surface area contributed by atoms with Gasteiger partial charge in [0.25, 0.3) is 0 Å². The standard InChI is InChI=1S/C16H19N3O2S/c1-10(2)18-16(21)19-15(20)11(3)22-13-8-4-6-12-7-5-9-17-14(12)13/h4-11H,1-3H3,(H2,18,19,20,21). The number of thioether (sulfide) groups is 1. The van der Waals surface area contributed by atoms with E-state index >= 15 is 0 Å². The molecule has 0 aliphatic heterocycles. The molecule has 2 rings (SSSR count). The molecule has 1 aromatic heterocycles. The quantitative estimate of drug-likeness (QED) is 0.851. The number of carbonyl (C=O) groups excluding carboxylic acids is 2. The Morgan fingerprint density at radius 1 is 1.14 bits per heavy atom. The molecule has 2 N–H and O–H groups in total. The summed E-state index contributed by atoms with van der Waals surface area (Å²) in [6.07, 6.45) is 1.73. The molecule has 3 amide bonds. The molecular formula is C16H19N3O2S. The van der Waals surface area contributed by atoms with Gasteiger partial charge in [-0.25, -0.2) is 4.79 Å². The van der Waals surface area contributed by atoms with Gasteiger partial charge in [0, 0.05) is 22.5 Å². The Morgan fingerprint density at radius 3 is 2.59 bits per heavy atom. The highest BCUT2D eigenvalue weighted by molar-refractivity contribution is 8.00. The van der Waals surface area contributed by atoms with E-state index in [1.54, 1.807) is 13.1 Å². The summed E-state index contributed by atoms with van der Waals surface area (Å²) in [5.74, 6) is -0.323. The van der Waals surface area contributed by atoms with Gasteiger partial charge in [0.15, 0.2) is 0 Å². The van der Waals surface area contributed by atoms with E-state index < -0.39 is 11.3 Å². The van der Waals surface area contributed by atoms with Gasteiger partial charge >= 0.3 is 6.03 Å². The number of rotatable bonds is 4. The summed E-state index contributed by atoms with van der Waals surface area (Å²) in [7, 11) is 0. The van der Waals surface area contributed by atoms with Crippen LogP contribution in [0.4, 0.5) is 4.79 Å². The molecule has 1 heterocycles. The van der Waals surface area contributed by atoms with Crippen molar-refractivity contribution in [1.29, 1.82) is 0 Å². The van der Waals surface area contributed by atoms with Crippen molar-refractivity contribution in [3.8, 4) is 0 Å². The molecule has 0 radical (unpaired) electrons. The number of pyridine rings is 1. The van der Waals surface area contributed by atoms with Crippen LogP contribution in [0, 0.1) is 0 Å². The Kier molecular flexibility index (Phi) is 5.38. The molecule has 116 valence electrons. The summed E-state index contributed by atoms with van der Waals surface area (Å²) in [5, 5.41) is 5.61. The monoisotopic (exact) mass is 317 g/mol. The normalized spacial score (nSPS) is 12.2. The van der Waals surface area contributed by atoms with Crippen LogP contribution in [-0.4, -0.2) is 28.2 Å². The number of benzene rings is 1. The Balaban J connectivity index is 2.06. The first-order valence-corrected chi connectivity index (χ1v) is 7.97. The van der Waals surface area contributed by atoms with E-state index in [9.17, 15) is 9.59 Å². The maximum Gasteiger partial charge on any atom is 0.321 e. The number of urea groups is 1. The second-order valence-corrected chi connectivity index (χ2v) is 6.59. The van der Waals surface area contributed by atoms with Crippen molar-refractivity contribution in [3.05, 3.63) is 36.5 Å². The van der Waals surface area contributed by atoms with Crippen LogP contribution in [0.15, 0.2) is 41.4 Å². The number of imide groups is 1. The van der Waals surface area contributed by atoms with Gasteiger partial charge in [-0.3, -0.25) is 15.1 Å². The minimum absolute atomic E-state index is 0.0157. The largest absolute Gasteiger partial charge is 0.336 e. The summed E-state index contributed by atoms with van der Waals surface area (Å²) in [6.45, 7) is 5.44. The predicted molar refractivity (Wildman–Crippen MR) is 88.9 cm³/mol. The number of fused-ring (bicyclic) bond motifs is 1. The number of amides is 3. The molecule has 1 atom stereocenters. The van der Waals surface area contributed by atoms with Crippen molar-refractivity contribution < 1.29 is 9.59 Å². The zero-order chi connectivity index (χ0) is 16.1. The molecule has 6 heteroatoms. The Morgan fingerprint density at radius 2 is 1.86 bits per heavy atom. The van der Waals surface area contributed by atoms with Crippen molar-refractivity contribution in [3.63, 3.8) is 0 Å². The Labute approximate surface area is 133 Å². The van der Waals surface area contributed by atoms with Crippen molar-refractivity contribution in [2.24, 2.45) is 0 Å². The molecule has 1 aromatic carbocycles. The summed E-state index contributed by atoms with van der Waals surface area (Å²) < 4.78 is 0. The summed E-state index contributed by atoms with van der Waals surface area (Å²) >= 11 is 1.39. The summed E-state index contributed by atoms with van der Waals surface area (Å²) in [6, 6.07) is 9.21. The van der Waals surface area contributed by atoms with E-state index in [4.69, 9.17) is 0 Å². The van der Waals surface area contributed by atoms with Crippen LogP contribution in [0.1, 0.15) is 20.8 Å². The molecule has 2 aromatic rings. The molecule has 1 unspecified atom stereocenters. The van der Waals surface area contributed by atoms with E-state index in [1.165, 1.54) is 11.8 Å². The fourth-order valence-corrected chi connectivity index (χ4v) is 2.91. The molecule has 0 aliphatic rings. The number of hydrogen-bond donors (Lipinski definition) is 2. The SMILES string of the molecule is CC(C)NC(=O)NC(=O)C(C)Sc1cccc2cccnc12. The van der Waals surface area contributed by atoms with Crippen LogP contribution in [0.3, 0.4) is 0 Å². The minimum atomic E-state index is -0.469. The van der Waals surface area contributed by atoms with Crippen molar-refractivity contribution in [2.45, 2.75) is 37.0 Å². The van der Waals surface area contributed by atoms with Crippen LogP contribution < -0.4 is 10.6 Å². The molecule has 0 saturated carbocycles. The summed E-state index contributed by atoms with van der Waals surface area (Å²) in [4.78, 5) is 28.9. The smallest absolute Gasteiger partial charge is 0.321 e. The molecule has 22 heavy (non-hydrogen) atoms. The fourth-order valence-electron chi connectivity index (χ4n) is 1.93. The van der Waals surface area contributed by atoms with Gasteiger partial charge in [0.05, 0.1) is 10.8 Å². The van der Waals surface area contributed by atoms with E-state index in [0.29, 0.717) is 0 Å². The van der Waals surface area contributed by atoms with Crippen LogP contribution in [0.25, 0.3) is 10.9 Å². The third-order valence-corrected chi connectivity index (χ3v) is 4.08.